The van der Waals surface area contributed by atoms with Crippen LogP contribution in [-0.2, 0) is 11.2 Å². The number of hydrogen-bond acceptors (Lipinski definition) is 2. The zero-order chi connectivity index (χ0) is 15.5. The van der Waals surface area contributed by atoms with Crippen molar-refractivity contribution in [1.29, 1.82) is 0 Å². The lowest BCUT2D eigenvalue weighted by molar-refractivity contribution is -0.119. The van der Waals surface area contributed by atoms with E-state index in [2.05, 4.69) is 22.0 Å². The molecule has 0 aliphatic carbocycles. The van der Waals surface area contributed by atoms with E-state index < -0.39 is 0 Å². The van der Waals surface area contributed by atoms with Gasteiger partial charge in [-0.25, -0.2) is 0 Å². The number of benzene rings is 2. The first-order valence-corrected chi connectivity index (χ1v) is 8.21. The zero-order valence-electron chi connectivity index (χ0n) is 12.5. The van der Waals surface area contributed by atoms with Crippen LogP contribution in [0, 0.1) is 6.92 Å². The first-order chi connectivity index (χ1) is 10.6. The van der Waals surface area contributed by atoms with Gasteiger partial charge in [-0.15, -0.1) is 0 Å². The van der Waals surface area contributed by atoms with E-state index in [1.54, 1.807) is 0 Å². The standard InChI is InChI=1S/C18H18BrNO2/c1-13-2-6-16(7-3-13)22-11-10-20-17-8-5-15(19)12-14(17)4-9-18(20)21/h2-3,5-8,12H,4,9-11H2,1H3. The highest BCUT2D eigenvalue weighted by atomic mass is 79.9. The first-order valence-electron chi connectivity index (χ1n) is 7.42. The van der Waals surface area contributed by atoms with Gasteiger partial charge in [0.05, 0.1) is 6.54 Å². The van der Waals surface area contributed by atoms with Gasteiger partial charge in [-0.3, -0.25) is 4.79 Å². The predicted molar refractivity (Wildman–Crippen MR) is 91.5 cm³/mol. The van der Waals surface area contributed by atoms with Gasteiger partial charge in [-0.2, -0.15) is 0 Å². The van der Waals surface area contributed by atoms with E-state index in [9.17, 15) is 4.79 Å². The lowest BCUT2D eigenvalue weighted by atomic mass is 10.0. The molecule has 22 heavy (non-hydrogen) atoms. The molecule has 2 aromatic rings. The molecule has 1 aliphatic rings. The van der Waals surface area contributed by atoms with Crippen LogP contribution < -0.4 is 9.64 Å². The van der Waals surface area contributed by atoms with E-state index >= 15 is 0 Å². The van der Waals surface area contributed by atoms with E-state index in [1.165, 1.54) is 11.1 Å². The largest absolute Gasteiger partial charge is 0.492 e. The quantitative estimate of drug-likeness (QED) is 0.821. The van der Waals surface area contributed by atoms with E-state index in [1.807, 2.05) is 48.2 Å². The Balaban J connectivity index is 1.67. The van der Waals surface area contributed by atoms with E-state index in [4.69, 9.17) is 4.74 Å². The third kappa shape index (κ3) is 3.33. The number of carbonyl (C=O) groups excluding carboxylic acids is 1. The van der Waals surface area contributed by atoms with E-state index in [0.29, 0.717) is 19.6 Å². The second kappa shape index (κ2) is 6.53. The number of anilines is 1. The summed E-state index contributed by atoms with van der Waals surface area (Å²) in [5, 5.41) is 0. The van der Waals surface area contributed by atoms with Gasteiger partial charge >= 0.3 is 0 Å². The van der Waals surface area contributed by atoms with Crippen molar-refractivity contribution in [2.75, 3.05) is 18.1 Å². The summed E-state index contributed by atoms with van der Waals surface area (Å²) in [6.07, 6.45) is 1.37. The molecule has 3 rings (SSSR count). The summed E-state index contributed by atoms with van der Waals surface area (Å²) in [7, 11) is 0. The van der Waals surface area contributed by atoms with Gasteiger partial charge in [0, 0.05) is 16.6 Å². The molecule has 0 aromatic heterocycles. The molecule has 0 bridgehead atoms. The van der Waals surface area contributed by atoms with Crippen LogP contribution in [0.2, 0.25) is 0 Å². The molecule has 0 atom stereocenters. The van der Waals surface area contributed by atoms with Crippen LogP contribution in [-0.4, -0.2) is 19.1 Å². The number of fused-ring (bicyclic) bond motifs is 1. The van der Waals surface area contributed by atoms with Crippen molar-refractivity contribution in [3.63, 3.8) is 0 Å². The number of rotatable bonds is 4. The van der Waals surface area contributed by atoms with Crippen molar-refractivity contribution < 1.29 is 9.53 Å². The zero-order valence-corrected chi connectivity index (χ0v) is 14.1. The minimum absolute atomic E-state index is 0.169. The summed E-state index contributed by atoms with van der Waals surface area (Å²) in [6.45, 7) is 3.11. The summed E-state index contributed by atoms with van der Waals surface area (Å²) >= 11 is 3.49. The number of carbonyl (C=O) groups is 1. The Morgan fingerprint density at radius 1 is 1.14 bits per heavy atom. The normalized spacial score (nSPS) is 13.9. The fourth-order valence-corrected chi connectivity index (χ4v) is 3.07. The number of ether oxygens (including phenoxy) is 1. The molecule has 4 heteroatoms. The van der Waals surface area contributed by atoms with Gasteiger partial charge in [0.1, 0.15) is 12.4 Å². The first kappa shape index (κ1) is 15.1. The number of amides is 1. The molecule has 2 aromatic carbocycles. The molecular formula is C18H18BrNO2. The van der Waals surface area contributed by atoms with Crippen molar-refractivity contribution in [3.05, 3.63) is 58.1 Å². The Morgan fingerprint density at radius 3 is 2.68 bits per heavy atom. The van der Waals surface area contributed by atoms with Gasteiger partial charge in [0.2, 0.25) is 5.91 Å². The Labute approximate surface area is 139 Å². The second-order valence-electron chi connectivity index (χ2n) is 5.48. The van der Waals surface area contributed by atoms with Gasteiger partial charge in [-0.1, -0.05) is 33.6 Å². The molecule has 0 radical (unpaired) electrons. The molecule has 0 spiro atoms. The minimum atomic E-state index is 0.169. The molecule has 0 unspecified atom stereocenters. The van der Waals surface area contributed by atoms with Crippen LogP contribution in [0.3, 0.4) is 0 Å². The highest BCUT2D eigenvalue weighted by Crippen LogP contribution is 2.30. The molecule has 0 N–H and O–H groups in total. The average Bonchev–Trinajstić information content (AvgIpc) is 2.51. The number of aryl methyl sites for hydroxylation is 2. The summed E-state index contributed by atoms with van der Waals surface area (Å²) < 4.78 is 6.80. The maximum Gasteiger partial charge on any atom is 0.227 e. The maximum absolute atomic E-state index is 12.2. The van der Waals surface area contributed by atoms with Crippen LogP contribution in [0.25, 0.3) is 0 Å². The average molecular weight is 360 g/mol. The minimum Gasteiger partial charge on any atom is -0.492 e. The number of nitrogens with zero attached hydrogens (tertiary/aromatic N) is 1. The molecule has 0 saturated heterocycles. The smallest absolute Gasteiger partial charge is 0.227 e. The molecule has 0 fully saturated rings. The maximum atomic E-state index is 12.2. The van der Waals surface area contributed by atoms with Crippen LogP contribution >= 0.6 is 15.9 Å². The Kier molecular flexibility index (Phi) is 4.48. The van der Waals surface area contributed by atoms with Gasteiger partial charge in [-0.05, 0) is 49.2 Å². The summed E-state index contributed by atoms with van der Waals surface area (Å²) in [6, 6.07) is 14.0. The highest BCUT2D eigenvalue weighted by Gasteiger charge is 2.23. The van der Waals surface area contributed by atoms with Crippen molar-refractivity contribution in [1.82, 2.24) is 0 Å². The topological polar surface area (TPSA) is 29.5 Å². The van der Waals surface area contributed by atoms with Crippen LogP contribution in [0.15, 0.2) is 46.9 Å². The molecule has 1 aliphatic heterocycles. The summed E-state index contributed by atoms with van der Waals surface area (Å²) in [4.78, 5) is 14.0. The van der Waals surface area contributed by atoms with Crippen LogP contribution in [0.5, 0.6) is 5.75 Å². The van der Waals surface area contributed by atoms with E-state index in [0.717, 1.165) is 22.3 Å². The molecular weight excluding hydrogens is 342 g/mol. The fourth-order valence-electron chi connectivity index (χ4n) is 2.66. The van der Waals surface area contributed by atoms with Gasteiger partial charge in [0.15, 0.2) is 0 Å². The molecule has 0 saturated carbocycles. The monoisotopic (exact) mass is 359 g/mol. The van der Waals surface area contributed by atoms with Crippen LogP contribution in [0.1, 0.15) is 17.5 Å². The van der Waals surface area contributed by atoms with Crippen molar-refractivity contribution >= 4 is 27.5 Å². The summed E-state index contributed by atoms with van der Waals surface area (Å²) in [5.74, 6) is 1.01. The fraction of sp³-hybridized carbons (Fsp3) is 0.278. The third-order valence-corrected chi connectivity index (χ3v) is 4.34. The SMILES string of the molecule is Cc1ccc(OCCN2C(=O)CCc3cc(Br)ccc32)cc1. The van der Waals surface area contributed by atoms with Crippen LogP contribution in [0.4, 0.5) is 5.69 Å². The van der Waals surface area contributed by atoms with Gasteiger partial charge in [0.25, 0.3) is 0 Å². The van der Waals surface area contributed by atoms with Crippen molar-refractivity contribution in [3.8, 4) is 5.75 Å². The predicted octanol–water partition coefficient (Wildman–Crippen LogP) is 4.12. The lowest BCUT2D eigenvalue weighted by Crippen LogP contribution is -2.38. The number of hydrogen-bond donors (Lipinski definition) is 0. The lowest BCUT2D eigenvalue weighted by Gasteiger charge is -2.29. The molecule has 1 heterocycles. The summed E-state index contributed by atoms with van der Waals surface area (Å²) in [5.41, 5.74) is 3.43. The van der Waals surface area contributed by atoms with Gasteiger partial charge < -0.3 is 9.64 Å². The Hall–Kier alpha value is -1.81. The highest BCUT2D eigenvalue weighted by molar-refractivity contribution is 9.10. The molecule has 3 nitrogen and oxygen atoms in total. The Bertz CT molecular complexity index is 682. The third-order valence-electron chi connectivity index (χ3n) is 3.85. The second-order valence-corrected chi connectivity index (χ2v) is 6.40. The molecule has 1 amide bonds. The number of halogens is 1. The van der Waals surface area contributed by atoms with E-state index in [-0.39, 0.29) is 5.91 Å². The molecule has 114 valence electrons. The van der Waals surface area contributed by atoms with Crippen molar-refractivity contribution in [2.24, 2.45) is 0 Å². The van der Waals surface area contributed by atoms with Crippen molar-refractivity contribution in [2.45, 2.75) is 19.8 Å². The Morgan fingerprint density at radius 2 is 1.91 bits per heavy atom.